The maximum atomic E-state index is 13.4. The van der Waals surface area contributed by atoms with E-state index in [1.54, 1.807) is 19.2 Å². The number of aryl methyl sites for hydroxylation is 1. The molecule has 0 saturated carbocycles. The molecule has 0 aliphatic carbocycles. The summed E-state index contributed by atoms with van der Waals surface area (Å²) in [5, 5.41) is 10.3. The highest BCUT2D eigenvalue weighted by Crippen LogP contribution is 2.43. The van der Waals surface area contributed by atoms with E-state index in [9.17, 15) is 14.4 Å². The van der Waals surface area contributed by atoms with Gasteiger partial charge in [-0.2, -0.15) is 5.26 Å². The molecule has 0 spiro atoms. The van der Waals surface area contributed by atoms with Crippen LogP contribution in [0, 0.1) is 17.1 Å². The lowest BCUT2D eigenvalue weighted by atomic mass is 9.83. The molecule has 128 valence electrons. The fourth-order valence-corrected chi connectivity index (χ4v) is 3.41. The second kappa shape index (κ2) is 5.74. The number of allylic oxidation sites excluding steroid dienone is 1. The molecule has 1 atom stereocenters. The standard InChI is InChI=1S/C20H14FN3O2/c1-24-15-5-3-2-4-13(15)18-17(20(24)25)16(14(10-22)19(23)26-18)11-6-8-12(21)9-7-11/h2-9,16H,23H2,1H3/t16-/m0/s1. The van der Waals surface area contributed by atoms with Crippen LogP contribution in [0.15, 0.2) is 64.8 Å². The smallest absolute Gasteiger partial charge is 0.258 e. The quantitative estimate of drug-likeness (QED) is 0.734. The Bertz CT molecular complexity index is 1170. The molecule has 0 fully saturated rings. The zero-order chi connectivity index (χ0) is 18.4. The third-order valence-corrected chi connectivity index (χ3v) is 4.67. The van der Waals surface area contributed by atoms with Crippen molar-refractivity contribution in [1.29, 1.82) is 5.26 Å². The van der Waals surface area contributed by atoms with Gasteiger partial charge >= 0.3 is 0 Å². The number of rotatable bonds is 1. The number of halogens is 1. The van der Waals surface area contributed by atoms with Gasteiger partial charge in [-0.15, -0.1) is 0 Å². The van der Waals surface area contributed by atoms with Crippen molar-refractivity contribution >= 4 is 10.9 Å². The number of nitriles is 1. The number of fused-ring (bicyclic) bond motifs is 3. The van der Waals surface area contributed by atoms with E-state index in [1.807, 2.05) is 30.3 Å². The third-order valence-electron chi connectivity index (χ3n) is 4.67. The lowest BCUT2D eigenvalue weighted by molar-refractivity contribution is 0.396. The first kappa shape index (κ1) is 15.9. The predicted molar refractivity (Wildman–Crippen MR) is 94.9 cm³/mol. The van der Waals surface area contributed by atoms with Crippen LogP contribution >= 0.6 is 0 Å². The summed E-state index contributed by atoms with van der Waals surface area (Å²) in [7, 11) is 1.67. The van der Waals surface area contributed by atoms with Crippen molar-refractivity contribution in [2.24, 2.45) is 12.8 Å². The maximum Gasteiger partial charge on any atom is 0.258 e. The number of benzene rings is 2. The summed E-state index contributed by atoms with van der Waals surface area (Å²) in [4.78, 5) is 13.1. The fourth-order valence-electron chi connectivity index (χ4n) is 3.41. The van der Waals surface area contributed by atoms with E-state index in [0.717, 1.165) is 5.39 Å². The lowest BCUT2D eigenvalue weighted by Crippen LogP contribution is -2.31. The SMILES string of the molecule is Cn1c(=O)c2c(c3ccccc31)OC(N)=C(C#N)[C@@H]2c1ccc(F)cc1. The second-order valence-corrected chi connectivity index (χ2v) is 6.10. The summed E-state index contributed by atoms with van der Waals surface area (Å²) in [6.45, 7) is 0. The highest BCUT2D eigenvalue weighted by atomic mass is 19.1. The normalized spacial score (nSPS) is 16.1. The second-order valence-electron chi connectivity index (χ2n) is 6.10. The maximum absolute atomic E-state index is 13.4. The Balaban J connectivity index is 2.12. The first-order chi connectivity index (χ1) is 12.5. The lowest BCUT2D eigenvalue weighted by Gasteiger charge is -2.27. The van der Waals surface area contributed by atoms with Gasteiger partial charge in [0.25, 0.3) is 5.56 Å². The number of ether oxygens (including phenoxy) is 1. The number of hydrogen-bond donors (Lipinski definition) is 1. The van der Waals surface area contributed by atoms with Crippen molar-refractivity contribution in [1.82, 2.24) is 4.57 Å². The highest BCUT2D eigenvalue weighted by molar-refractivity contribution is 5.88. The Labute approximate surface area is 148 Å². The topological polar surface area (TPSA) is 81.0 Å². The number of para-hydroxylation sites is 1. The molecule has 1 aromatic heterocycles. The van der Waals surface area contributed by atoms with Crippen LogP contribution in [0.1, 0.15) is 17.0 Å². The zero-order valence-electron chi connectivity index (χ0n) is 13.9. The van der Waals surface area contributed by atoms with Gasteiger partial charge in [-0.25, -0.2) is 4.39 Å². The molecule has 6 heteroatoms. The molecule has 1 aliphatic heterocycles. The number of pyridine rings is 1. The van der Waals surface area contributed by atoms with E-state index >= 15 is 0 Å². The third kappa shape index (κ3) is 2.18. The number of aromatic nitrogens is 1. The van der Waals surface area contributed by atoms with Crippen molar-refractivity contribution in [2.75, 3.05) is 0 Å². The average molecular weight is 347 g/mol. The molecule has 0 unspecified atom stereocenters. The minimum atomic E-state index is -0.715. The van der Waals surface area contributed by atoms with Gasteiger partial charge in [-0.1, -0.05) is 24.3 Å². The Hall–Kier alpha value is -3.59. The Morgan fingerprint density at radius 1 is 1.19 bits per heavy atom. The Kier molecular flexibility index (Phi) is 3.51. The minimum Gasteiger partial charge on any atom is -0.439 e. The molecule has 2 aromatic carbocycles. The highest BCUT2D eigenvalue weighted by Gasteiger charge is 2.35. The van der Waals surface area contributed by atoms with Crippen LogP contribution < -0.4 is 16.0 Å². The first-order valence-electron chi connectivity index (χ1n) is 7.97. The Morgan fingerprint density at radius 3 is 2.58 bits per heavy atom. The summed E-state index contributed by atoms with van der Waals surface area (Å²) in [5.74, 6) is -0.821. The van der Waals surface area contributed by atoms with Gasteiger partial charge in [-0.3, -0.25) is 4.79 Å². The van der Waals surface area contributed by atoms with E-state index < -0.39 is 11.7 Å². The van der Waals surface area contributed by atoms with Crippen LogP contribution in [0.2, 0.25) is 0 Å². The summed E-state index contributed by atoms with van der Waals surface area (Å²) in [5.41, 5.74) is 7.46. The summed E-state index contributed by atoms with van der Waals surface area (Å²) >= 11 is 0. The minimum absolute atomic E-state index is 0.0484. The van der Waals surface area contributed by atoms with Crippen molar-refractivity contribution < 1.29 is 9.13 Å². The van der Waals surface area contributed by atoms with E-state index in [0.29, 0.717) is 22.4 Å². The molecule has 1 aliphatic rings. The molecular formula is C20H14FN3O2. The fraction of sp³-hybridized carbons (Fsp3) is 0.100. The molecule has 0 bridgehead atoms. The van der Waals surface area contributed by atoms with E-state index in [2.05, 4.69) is 0 Å². The van der Waals surface area contributed by atoms with Gasteiger partial charge in [0.15, 0.2) is 0 Å². The molecular weight excluding hydrogens is 333 g/mol. The van der Waals surface area contributed by atoms with Crippen LogP contribution in [0.5, 0.6) is 5.75 Å². The van der Waals surface area contributed by atoms with Crippen LogP contribution in [0.3, 0.4) is 0 Å². The monoisotopic (exact) mass is 347 g/mol. The van der Waals surface area contributed by atoms with Gasteiger partial charge in [0, 0.05) is 12.4 Å². The molecule has 3 aromatic rings. The molecule has 4 rings (SSSR count). The molecule has 0 amide bonds. The number of nitrogens with zero attached hydrogens (tertiary/aromatic N) is 2. The van der Waals surface area contributed by atoms with Gasteiger partial charge in [0.2, 0.25) is 5.88 Å². The largest absolute Gasteiger partial charge is 0.439 e. The van der Waals surface area contributed by atoms with Gasteiger partial charge in [0.1, 0.15) is 23.2 Å². The predicted octanol–water partition coefficient (Wildman–Crippen LogP) is 2.90. The van der Waals surface area contributed by atoms with Gasteiger partial charge < -0.3 is 15.0 Å². The van der Waals surface area contributed by atoms with Crippen LogP contribution in [-0.4, -0.2) is 4.57 Å². The first-order valence-corrected chi connectivity index (χ1v) is 7.97. The number of nitrogens with two attached hydrogens (primary N) is 1. The van der Waals surface area contributed by atoms with E-state index in [-0.39, 0.29) is 17.0 Å². The van der Waals surface area contributed by atoms with Crippen LogP contribution in [0.25, 0.3) is 10.9 Å². The average Bonchev–Trinajstić information content (AvgIpc) is 2.66. The molecule has 0 saturated heterocycles. The Morgan fingerprint density at radius 2 is 1.88 bits per heavy atom. The van der Waals surface area contributed by atoms with Gasteiger partial charge in [0.05, 0.1) is 17.0 Å². The zero-order valence-corrected chi connectivity index (χ0v) is 13.9. The molecule has 26 heavy (non-hydrogen) atoms. The molecule has 2 heterocycles. The summed E-state index contributed by atoms with van der Waals surface area (Å²) < 4.78 is 20.6. The molecule has 5 nitrogen and oxygen atoms in total. The summed E-state index contributed by atoms with van der Waals surface area (Å²) in [6.07, 6.45) is 0. The van der Waals surface area contributed by atoms with Crippen molar-refractivity contribution in [2.45, 2.75) is 5.92 Å². The molecule has 0 radical (unpaired) electrons. The van der Waals surface area contributed by atoms with Crippen molar-refractivity contribution in [3.63, 3.8) is 0 Å². The number of hydrogen-bond acceptors (Lipinski definition) is 4. The summed E-state index contributed by atoms with van der Waals surface area (Å²) in [6, 6.07) is 15.0. The van der Waals surface area contributed by atoms with Crippen molar-refractivity contribution in [3.8, 4) is 11.8 Å². The van der Waals surface area contributed by atoms with Crippen LogP contribution in [-0.2, 0) is 7.05 Å². The van der Waals surface area contributed by atoms with Crippen molar-refractivity contribution in [3.05, 3.63) is 87.3 Å². The van der Waals surface area contributed by atoms with Crippen LogP contribution in [0.4, 0.5) is 4.39 Å². The van der Waals surface area contributed by atoms with E-state index in [1.165, 1.54) is 16.7 Å². The molecule has 2 N–H and O–H groups in total. The van der Waals surface area contributed by atoms with Gasteiger partial charge in [-0.05, 0) is 29.8 Å². The van der Waals surface area contributed by atoms with E-state index in [4.69, 9.17) is 10.5 Å².